The molecule has 0 radical (unpaired) electrons. The van der Waals surface area contributed by atoms with Crippen molar-refractivity contribution in [3.63, 3.8) is 0 Å². The highest BCUT2D eigenvalue weighted by Crippen LogP contribution is 2.05. The molecule has 0 bridgehead atoms. The summed E-state index contributed by atoms with van der Waals surface area (Å²) < 4.78 is 23.0. The lowest BCUT2D eigenvalue weighted by Gasteiger charge is -2.25. The van der Waals surface area contributed by atoms with Crippen LogP contribution in [0.1, 0.15) is 27.2 Å². The molecule has 0 spiro atoms. The van der Waals surface area contributed by atoms with Crippen LogP contribution in [0.2, 0.25) is 0 Å². The number of likely N-dealkylation sites (N-methyl/N-ethyl adjacent to an activating group) is 1. The number of amides is 2. The topological polar surface area (TPSA) is 95.6 Å². The third-order valence-electron chi connectivity index (χ3n) is 3.56. The molecule has 8 heteroatoms. The van der Waals surface area contributed by atoms with Crippen molar-refractivity contribution in [3.8, 4) is 0 Å². The molecule has 2 unspecified atom stereocenters. The quantitative estimate of drug-likeness (QED) is 0.664. The molecule has 0 aromatic rings. The average Bonchev–Trinajstić information content (AvgIpc) is 2.38. The van der Waals surface area contributed by atoms with E-state index in [1.807, 2.05) is 13.8 Å². The van der Waals surface area contributed by atoms with E-state index in [4.69, 9.17) is 0 Å². The molecule has 2 atom stereocenters. The zero-order valence-electron chi connectivity index (χ0n) is 12.9. The Morgan fingerprint density at radius 2 is 1.95 bits per heavy atom. The molecule has 122 valence electrons. The molecule has 1 aliphatic rings. The Hall–Kier alpha value is -1.15. The number of nitrogens with zero attached hydrogens (tertiary/aromatic N) is 1. The lowest BCUT2D eigenvalue weighted by molar-refractivity contribution is -0.135. The van der Waals surface area contributed by atoms with Gasteiger partial charge in [0.2, 0.25) is 11.8 Å². The van der Waals surface area contributed by atoms with Crippen LogP contribution in [0.3, 0.4) is 0 Å². The lowest BCUT2D eigenvalue weighted by atomic mass is 10.2. The van der Waals surface area contributed by atoms with E-state index in [9.17, 15) is 18.0 Å². The standard InChI is InChI=1S/C13H25N3O4S/c1-4-16(5-2)13(18)10(3)15-12(17)8-11-9-21(19,20)7-6-14-11/h10-11,14H,4-9H2,1-3H3,(H,15,17). The second-order valence-corrected chi connectivity index (χ2v) is 7.50. The van der Waals surface area contributed by atoms with Crippen LogP contribution in [0.15, 0.2) is 0 Å². The average molecular weight is 319 g/mol. The van der Waals surface area contributed by atoms with Gasteiger partial charge in [-0.15, -0.1) is 0 Å². The molecule has 1 fully saturated rings. The van der Waals surface area contributed by atoms with Crippen molar-refractivity contribution in [1.29, 1.82) is 0 Å². The van der Waals surface area contributed by atoms with Crippen LogP contribution in [0.4, 0.5) is 0 Å². The van der Waals surface area contributed by atoms with Gasteiger partial charge in [-0.25, -0.2) is 8.42 Å². The Morgan fingerprint density at radius 3 is 2.48 bits per heavy atom. The number of carbonyl (C=O) groups excluding carboxylic acids is 2. The van der Waals surface area contributed by atoms with Gasteiger partial charge in [-0.1, -0.05) is 0 Å². The number of carbonyl (C=O) groups is 2. The lowest BCUT2D eigenvalue weighted by Crippen LogP contribution is -2.50. The van der Waals surface area contributed by atoms with Crippen molar-refractivity contribution < 1.29 is 18.0 Å². The number of nitrogens with one attached hydrogen (secondary N) is 2. The second kappa shape index (κ2) is 7.74. The van der Waals surface area contributed by atoms with Crippen LogP contribution >= 0.6 is 0 Å². The molecule has 1 saturated heterocycles. The predicted molar refractivity (Wildman–Crippen MR) is 80.6 cm³/mol. The molecule has 0 aromatic carbocycles. The highest BCUT2D eigenvalue weighted by molar-refractivity contribution is 7.91. The third-order valence-corrected chi connectivity index (χ3v) is 5.29. The molecular formula is C13H25N3O4S. The smallest absolute Gasteiger partial charge is 0.244 e. The van der Waals surface area contributed by atoms with E-state index in [0.29, 0.717) is 19.6 Å². The summed E-state index contributed by atoms with van der Waals surface area (Å²) in [6.07, 6.45) is 0.0646. The highest BCUT2D eigenvalue weighted by atomic mass is 32.2. The zero-order valence-corrected chi connectivity index (χ0v) is 13.7. The predicted octanol–water partition coefficient (Wildman–Crippen LogP) is -0.864. The minimum Gasteiger partial charge on any atom is -0.345 e. The number of hydrogen-bond acceptors (Lipinski definition) is 5. The Bertz CT molecular complexity index is 474. The van der Waals surface area contributed by atoms with E-state index in [2.05, 4.69) is 10.6 Å². The first-order chi connectivity index (χ1) is 9.79. The Kier molecular flexibility index (Phi) is 6.60. The van der Waals surface area contributed by atoms with Crippen LogP contribution in [-0.4, -0.2) is 68.4 Å². The summed E-state index contributed by atoms with van der Waals surface area (Å²) in [5.41, 5.74) is 0. The van der Waals surface area contributed by atoms with E-state index < -0.39 is 15.9 Å². The summed E-state index contributed by atoms with van der Waals surface area (Å²) in [5.74, 6) is -0.351. The van der Waals surface area contributed by atoms with Gasteiger partial charge in [-0.3, -0.25) is 9.59 Å². The van der Waals surface area contributed by atoms with Crippen LogP contribution in [0.5, 0.6) is 0 Å². The summed E-state index contributed by atoms with van der Waals surface area (Å²) in [6, 6.07) is -0.975. The molecule has 0 saturated carbocycles. The van der Waals surface area contributed by atoms with Crippen molar-refractivity contribution in [3.05, 3.63) is 0 Å². The molecular weight excluding hydrogens is 294 g/mol. The van der Waals surface area contributed by atoms with Crippen LogP contribution < -0.4 is 10.6 Å². The zero-order chi connectivity index (χ0) is 16.0. The Labute approximate surface area is 126 Å². The molecule has 1 rings (SSSR count). The maximum absolute atomic E-state index is 12.0. The van der Waals surface area contributed by atoms with Gasteiger partial charge < -0.3 is 15.5 Å². The van der Waals surface area contributed by atoms with Crippen molar-refractivity contribution in [2.45, 2.75) is 39.3 Å². The van der Waals surface area contributed by atoms with Gasteiger partial charge in [0.05, 0.1) is 11.5 Å². The molecule has 1 heterocycles. The third kappa shape index (κ3) is 5.62. The minimum absolute atomic E-state index is 0.0290. The monoisotopic (exact) mass is 319 g/mol. The van der Waals surface area contributed by atoms with E-state index in [-0.39, 0.29) is 35.8 Å². The molecule has 2 amide bonds. The van der Waals surface area contributed by atoms with Gasteiger partial charge in [-0.2, -0.15) is 0 Å². The number of sulfone groups is 1. The van der Waals surface area contributed by atoms with Gasteiger partial charge in [0.25, 0.3) is 0 Å². The summed E-state index contributed by atoms with van der Waals surface area (Å²) in [5, 5.41) is 5.66. The minimum atomic E-state index is -3.06. The normalized spacial score (nSPS) is 22.3. The summed E-state index contributed by atoms with van der Waals surface area (Å²) in [6.45, 7) is 6.97. The Balaban J connectivity index is 2.48. The summed E-state index contributed by atoms with van der Waals surface area (Å²) in [7, 11) is -3.06. The first-order valence-corrected chi connectivity index (χ1v) is 9.13. The fraction of sp³-hybridized carbons (Fsp3) is 0.846. The van der Waals surface area contributed by atoms with Gasteiger partial charge in [0, 0.05) is 32.1 Å². The van der Waals surface area contributed by atoms with Crippen LogP contribution in [0.25, 0.3) is 0 Å². The summed E-state index contributed by atoms with van der Waals surface area (Å²) in [4.78, 5) is 25.6. The fourth-order valence-electron chi connectivity index (χ4n) is 2.39. The number of hydrogen-bond donors (Lipinski definition) is 2. The largest absolute Gasteiger partial charge is 0.345 e. The molecule has 1 aliphatic heterocycles. The maximum Gasteiger partial charge on any atom is 0.244 e. The molecule has 2 N–H and O–H groups in total. The van der Waals surface area contributed by atoms with Gasteiger partial charge in [0.15, 0.2) is 9.84 Å². The van der Waals surface area contributed by atoms with Crippen molar-refractivity contribution in [1.82, 2.24) is 15.5 Å². The van der Waals surface area contributed by atoms with E-state index in [0.717, 1.165) is 0 Å². The van der Waals surface area contributed by atoms with Crippen LogP contribution in [-0.2, 0) is 19.4 Å². The molecule has 0 aromatic heterocycles. The van der Waals surface area contributed by atoms with Gasteiger partial charge in [0.1, 0.15) is 6.04 Å². The first kappa shape index (κ1) is 17.9. The first-order valence-electron chi connectivity index (χ1n) is 7.31. The highest BCUT2D eigenvalue weighted by Gasteiger charge is 2.27. The fourth-order valence-corrected chi connectivity index (χ4v) is 3.84. The van der Waals surface area contributed by atoms with Crippen LogP contribution in [0, 0.1) is 0 Å². The molecule has 21 heavy (non-hydrogen) atoms. The number of rotatable bonds is 6. The van der Waals surface area contributed by atoms with Crippen molar-refractivity contribution >= 4 is 21.7 Å². The van der Waals surface area contributed by atoms with E-state index in [1.54, 1.807) is 11.8 Å². The van der Waals surface area contributed by atoms with E-state index >= 15 is 0 Å². The van der Waals surface area contributed by atoms with Crippen molar-refractivity contribution in [2.24, 2.45) is 0 Å². The summed E-state index contributed by atoms with van der Waals surface area (Å²) >= 11 is 0. The van der Waals surface area contributed by atoms with Crippen molar-refractivity contribution in [2.75, 3.05) is 31.1 Å². The second-order valence-electron chi connectivity index (χ2n) is 5.27. The maximum atomic E-state index is 12.0. The SMILES string of the molecule is CCN(CC)C(=O)C(C)NC(=O)CC1CS(=O)(=O)CCN1. The molecule has 7 nitrogen and oxygen atoms in total. The Morgan fingerprint density at radius 1 is 1.33 bits per heavy atom. The van der Waals surface area contributed by atoms with Gasteiger partial charge in [-0.05, 0) is 20.8 Å². The molecule has 0 aliphatic carbocycles. The van der Waals surface area contributed by atoms with Gasteiger partial charge >= 0.3 is 0 Å². The van der Waals surface area contributed by atoms with E-state index in [1.165, 1.54) is 0 Å².